The molecule has 2 aromatic rings. The van der Waals surface area contributed by atoms with E-state index in [1.165, 1.54) is 11.3 Å². The highest BCUT2D eigenvalue weighted by molar-refractivity contribution is 7.10. The number of carboxylic acids is 1. The molecule has 0 aliphatic carbocycles. The molecular weight excluding hydrogens is 292 g/mol. The Bertz CT molecular complexity index is 583. The average molecular weight is 308 g/mol. The van der Waals surface area contributed by atoms with Crippen molar-refractivity contribution in [2.24, 2.45) is 0 Å². The van der Waals surface area contributed by atoms with Crippen molar-refractivity contribution in [2.75, 3.05) is 25.6 Å². The van der Waals surface area contributed by atoms with E-state index in [4.69, 9.17) is 14.6 Å². The van der Waals surface area contributed by atoms with Crippen LogP contribution in [0, 0.1) is 0 Å². The van der Waals surface area contributed by atoms with Gasteiger partial charge in [0.1, 0.15) is 6.61 Å². The molecule has 21 heavy (non-hydrogen) atoms. The number of anilines is 1. The van der Waals surface area contributed by atoms with Gasteiger partial charge in [0.25, 0.3) is 0 Å². The number of hydrogen-bond acceptors (Lipinski definition) is 6. The topological polar surface area (TPSA) is 80.7 Å². The minimum absolute atomic E-state index is 0.316. The maximum Gasteiger partial charge on any atom is 0.336 e. The highest BCUT2D eigenvalue weighted by Crippen LogP contribution is 2.17. The fraction of sp³-hybridized carbons (Fsp3) is 0.286. The summed E-state index contributed by atoms with van der Waals surface area (Å²) in [6.45, 7) is 1.54. The van der Waals surface area contributed by atoms with Crippen LogP contribution in [0.1, 0.15) is 15.2 Å². The molecule has 0 aromatic carbocycles. The molecule has 0 saturated carbocycles. The van der Waals surface area contributed by atoms with Gasteiger partial charge in [0.05, 0.1) is 24.1 Å². The zero-order valence-electron chi connectivity index (χ0n) is 11.5. The Balaban J connectivity index is 1.83. The number of methoxy groups -OCH3 is 1. The summed E-state index contributed by atoms with van der Waals surface area (Å²) in [5.41, 5.74) is 1.16. The van der Waals surface area contributed by atoms with Crippen LogP contribution >= 0.6 is 11.3 Å². The van der Waals surface area contributed by atoms with Gasteiger partial charge in [-0.2, -0.15) is 0 Å². The van der Waals surface area contributed by atoms with E-state index in [1.807, 2.05) is 6.07 Å². The number of carbonyl (C=O) groups is 1. The van der Waals surface area contributed by atoms with E-state index < -0.39 is 5.97 Å². The molecule has 0 amide bonds. The van der Waals surface area contributed by atoms with Crippen molar-refractivity contribution < 1.29 is 19.4 Å². The zero-order chi connectivity index (χ0) is 15.1. The first-order chi connectivity index (χ1) is 10.2. The van der Waals surface area contributed by atoms with Crippen LogP contribution < -0.4 is 10.1 Å². The van der Waals surface area contributed by atoms with Crippen LogP contribution in [0.4, 0.5) is 5.69 Å². The number of aromatic nitrogens is 1. The summed E-state index contributed by atoms with van der Waals surface area (Å²) in [7, 11) is 1.62. The summed E-state index contributed by atoms with van der Waals surface area (Å²) in [5.74, 6) is -0.362. The Labute approximate surface area is 126 Å². The van der Waals surface area contributed by atoms with Gasteiger partial charge in [-0.1, -0.05) is 0 Å². The van der Waals surface area contributed by atoms with Crippen molar-refractivity contribution in [1.29, 1.82) is 0 Å². The predicted molar refractivity (Wildman–Crippen MR) is 80.2 cm³/mol. The second kappa shape index (κ2) is 7.61. The molecule has 0 spiro atoms. The third-order valence-corrected chi connectivity index (χ3v) is 3.58. The van der Waals surface area contributed by atoms with Crippen molar-refractivity contribution in [2.45, 2.75) is 6.54 Å². The van der Waals surface area contributed by atoms with Gasteiger partial charge in [-0.15, -0.1) is 11.3 Å². The van der Waals surface area contributed by atoms with Crippen molar-refractivity contribution >= 4 is 23.0 Å². The first-order valence-electron chi connectivity index (χ1n) is 6.31. The molecule has 0 fully saturated rings. The molecule has 6 nitrogen and oxygen atoms in total. The predicted octanol–water partition coefficient (Wildman–Crippen LogP) is 2.48. The lowest BCUT2D eigenvalue weighted by Gasteiger charge is -2.07. The van der Waals surface area contributed by atoms with E-state index in [0.717, 1.165) is 10.6 Å². The van der Waals surface area contributed by atoms with Gasteiger partial charge in [-0.3, -0.25) is 0 Å². The average Bonchev–Trinajstić information content (AvgIpc) is 2.96. The molecule has 2 N–H and O–H groups in total. The standard InChI is InChI=1S/C14H16N2O4S/c1-19-4-5-20-13-3-2-11(7-16-13)15-8-12-6-10(9-21-12)14(17)18/h2-3,6-7,9,15H,4-5,8H2,1H3,(H,17,18). The van der Waals surface area contributed by atoms with Crippen molar-refractivity contribution in [3.05, 3.63) is 40.2 Å². The van der Waals surface area contributed by atoms with Crippen molar-refractivity contribution in [1.82, 2.24) is 4.98 Å². The van der Waals surface area contributed by atoms with Crippen LogP contribution in [0.3, 0.4) is 0 Å². The monoisotopic (exact) mass is 308 g/mol. The van der Waals surface area contributed by atoms with Crippen LogP contribution in [-0.2, 0) is 11.3 Å². The number of aromatic carboxylic acids is 1. The first-order valence-corrected chi connectivity index (χ1v) is 7.19. The third-order valence-electron chi connectivity index (χ3n) is 2.64. The highest BCUT2D eigenvalue weighted by atomic mass is 32.1. The number of thiophene rings is 1. The summed E-state index contributed by atoms with van der Waals surface area (Å²) in [6, 6.07) is 5.30. The fourth-order valence-electron chi connectivity index (χ4n) is 1.57. The summed E-state index contributed by atoms with van der Waals surface area (Å²) < 4.78 is 10.3. The number of hydrogen-bond donors (Lipinski definition) is 2. The normalized spacial score (nSPS) is 10.3. The molecule has 7 heteroatoms. The SMILES string of the molecule is COCCOc1ccc(NCc2cc(C(=O)O)cs2)cn1. The van der Waals surface area contributed by atoms with Crippen LogP contribution in [0.5, 0.6) is 5.88 Å². The molecule has 0 aliphatic heterocycles. The second-order valence-electron chi connectivity index (χ2n) is 4.19. The molecule has 2 aromatic heterocycles. The molecule has 0 atom stereocenters. The van der Waals surface area contributed by atoms with E-state index in [0.29, 0.717) is 31.2 Å². The van der Waals surface area contributed by atoms with E-state index in [2.05, 4.69) is 10.3 Å². The Morgan fingerprint density at radius 1 is 1.43 bits per heavy atom. The Kier molecular flexibility index (Phi) is 5.53. The molecule has 0 saturated heterocycles. The fourth-order valence-corrected chi connectivity index (χ4v) is 2.37. The minimum Gasteiger partial charge on any atom is -0.478 e. The van der Waals surface area contributed by atoms with Crippen molar-refractivity contribution in [3.8, 4) is 5.88 Å². The second-order valence-corrected chi connectivity index (χ2v) is 5.18. The van der Waals surface area contributed by atoms with E-state index in [-0.39, 0.29) is 0 Å². The van der Waals surface area contributed by atoms with Crippen LogP contribution in [0.2, 0.25) is 0 Å². The lowest BCUT2D eigenvalue weighted by molar-refractivity contribution is 0.0697. The molecule has 2 rings (SSSR count). The quantitative estimate of drug-likeness (QED) is 0.729. The number of nitrogens with one attached hydrogen (secondary N) is 1. The van der Waals surface area contributed by atoms with Crippen LogP contribution in [0.15, 0.2) is 29.8 Å². The maximum atomic E-state index is 10.8. The smallest absolute Gasteiger partial charge is 0.336 e. The minimum atomic E-state index is -0.906. The molecule has 0 bridgehead atoms. The molecule has 0 unspecified atom stereocenters. The van der Waals surface area contributed by atoms with Gasteiger partial charge in [0.15, 0.2) is 0 Å². The van der Waals surface area contributed by atoms with Gasteiger partial charge in [-0.05, 0) is 12.1 Å². The molecule has 2 heterocycles. The largest absolute Gasteiger partial charge is 0.478 e. The molecular formula is C14H16N2O4S. The Morgan fingerprint density at radius 2 is 2.29 bits per heavy atom. The van der Waals surface area contributed by atoms with Gasteiger partial charge in [0, 0.05) is 30.0 Å². The summed E-state index contributed by atoms with van der Waals surface area (Å²) in [4.78, 5) is 15.9. The number of pyridine rings is 1. The first kappa shape index (κ1) is 15.3. The Hall–Kier alpha value is -2.12. The van der Waals surface area contributed by atoms with E-state index in [1.54, 1.807) is 30.8 Å². The highest BCUT2D eigenvalue weighted by Gasteiger charge is 2.06. The number of nitrogens with zero attached hydrogens (tertiary/aromatic N) is 1. The van der Waals surface area contributed by atoms with E-state index in [9.17, 15) is 4.79 Å². The van der Waals surface area contributed by atoms with Gasteiger partial charge >= 0.3 is 5.97 Å². The van der Waals surface area contributed by atoms with E-state index >= 15 is 0 Å². The summed E-state index contributed by atoms with van der Waals surface area (Å²) in [6.07, 6.45) is 1.67. The van der Waals surface area contributed by atoms with Gasteiger partial charge in [-0.25, -0.2) is 9.78 Å². The lowest BCUT2D eigenvalue weighted by Crippen LogP contribution is -2.05. The molecule has 112 valence electrons. The third kappa shape index (κ3) is 4.73. The molecule has 0 radical (unpaired) electrons. The van der Waals surface area contributed by atoms with Gasteiger partial charge < -0.3 is 19.9 Å². The Morgan fingerprint density at radius 3 is 2.90 bits per heavy atom. The number of rotatable bonds is 8. The summed E-state index contributed by atoms with van der Waals surface area (Å²) in [5, 5.41) is 13.7. The zero-order valence-corrected chi connectivity index (χ0v) is 12.4. The van der Waals surface area contributed by atoms with Gasteiger partial charge in [0.2, 0.25) is 5.88 Å². The lowest BCUT2D eigenvalue weighted by atomic mass is 10.3. The van der Waals surface area contributed by atoms with Crippen molar-refractivity contribution in [3.63, 3.8) is 0 Å². The summed E-state index contributed by atoms with van der Waals surface area (Å²) >= 11 is 1.41. The maximum absolute atomic E-state index is 10.8. The molecule has 0 aliphatic rings. The number of carboxylic acid groups (broad SMARTS) is 1. The van der Waals surface area contributed by atoms with Crippen LogP contribution in [0.25, 0.3) is 0 Å². The van der Waals surface area contributed by atoms with Crippen LogP contribution in [-0.4, -0.2) is 36.4 Å². The number of ether oxygens (including phenoxy) is 2.